The van der Waals surface area contributed by atoms with E-state index in [-0.39, 0.29) is 10.9 Å². The van der Waals surface area contributed by atoms with E-state index in [9.17, 15) is 9.18 Å². The van der Waals surface area contributed by atoms with Crippen molar-refractivity contribution >= 4 is 23.2 Å². The lowest BCUT2D eigenvalue weighted by atomic mass is 10.2. The highest BCUT2D eigenvalue weighted by atomic mass is 35.5. The van der Waals surface area contributed by atoms with Crippen LogP contribution in [0.2, 0.25) is 5.02 Å². The third-order valence-electron chi connectivity index (χ3n) is 4.26. The second-order valence-corrected chi connectivity index (χ2v) is 6.39. The molecule has 6 heteroatoms. The number of anilines is 1. The zero-order valence-electron chi connectivity index (χ0n) is 14.0. The van der Waals surface area contributed by atoms with Gasteiger partial charge in [0.15, 0.2) is 6.10 Å². The first kappa shape index (κ1) is 17.5. The van der Waals surface area contributed by atoms with Crippen LogP contribution in [-0.2, 0) is 4.79 Å². The highest BCUT2D eigenvalue weighted by Gasteiger charge is 2.26. The van der Waals surface area contributed by atoms with Crippen molar-refractivity contribution in [3.05, 3.63) is 59.4 Å². The second kappa shape index (κ2) is 7.74. The van der Waals surface area contributed by atoms with Gasteiger partial charge in [0.1, 0.15) is 11.6 Å². The molecule has 1 atom stereocenters. The maximum Gasteiger partial charge on any atom is 0.263 e. The average Bonchev–Trinajstić information content (AvgIpc) is 2.64. The van der Waals surface area contributed by atoms with Gasteiger partial charge in [-0.3, -0.25) is 4.79 Å². The van der Waals surface area contributed by atoms with Gasteiger partial charge in [0.05, 0.1) is 5.02 Å². The molecule has 0 spiro atoms. The summed E-state index contributed by atoms with van der Waals surface area (Å²) in [7, 11) is 0. The maximum atomic E-state index is 13.1. The van der Waals surface area contributed by atoms with Crippen molar-refractivity contribution in [1.82, 2.24) is 4.90 Å². The maximum absolute atomic E-state index is 13.1. The van der Waals surface area contributed by atoms with Crippen LogP contribution in [0, 0.1) is 5.82 Å². The summed E-state index contributed by atoms with van der Waals surface area (Å²) < 4.78 is 18.7. The van der Waals surface area contributed by atoms with E-state index in [2.05, 4.69) is 17.0 Å². The highest BCUT2D eigenvalue weighted by molar-refractivity contribution is 6.32. The van der Waals surface area contributed by atoms with Gasteiger partial charge in [0, 0.05) is 31.9 Å². The lowest BCUT2D eigenvalue weighted by Crippen LogP contribution is -2.52. The number of hydrogen-bond acceptors (Lipinski definition) is 3. The molecule has 0 aliphatic carbocycles. The van der Waals surface area contributed by atoms with Gasteiger partial charge in [-0.05, 0) is 37.3 Å². The zero-order valence-corrected chi connectivity index (χ0v) is 14.7. The molecule has 0 aromatic heterocycles. The Morgan fingerprint density at radius 3 is 2.44 bits per heavy atom. The Kier molecular flexibility index (Phi) is 5.43. The molecule has 0 saturated carbocycles. The van der Waals surface area contributed by atoms with Crippen LogP contribution in [0.4, 0.5) is 10.1 Å². The van der Waals surface area contributed by atoms with Gasteiger partial charge in [-0.2, -0.15) is 0 Å². The smallest absolute Gasteiger partial charge is 0.263 e. The predicted molar refractivity (Wildman–Crippen MR) is 96.7 cm³/mol. The van der Waals surface area contributed by atoms with E-state index in [0.717, 1.165) is 18.8 Å². The SMILES string of the molecule is C[C@H](Oc1ccc(F)cc1Cl)C(=O)N1CCN(c2ccccc2)CC1. The van der Waals surface area contributed by atoms with Crippen LogP contribution < -0.4 is 9.64 Å². The molecule has 0 N–H and O–H groups in total. The van der Waals surface area contributed by atoms with E-state index in [1.807, 2.05) is 18.2 Å². The van der Waals surface area contributed by atoms with Gasteiger partial charge in [0.2, 0.25) is 0 Å². The molecule has 4 nitrogen and oxygen atoms in total. The van der Waals surface area contributed by atoms with Crippen molar-refractivity contribution in [3.63, 3.8) is 0 Å². The Labute approximate surface area is 151 Å². The molecule has 1 heterocycles. The minimum absolute atomic E-state index is 0.0897. The standard InChI is InChI=1S/C19H20ClFN2O2/c1-14(25-18-8-7-15(21)13-17(18)20)19(24)23-11-9-22(10-12-23)16-5-3-2-4-6-16/h2-8,13-14H,9-12H2,1H3/t14-/m0/s1. The van der Waals surface area contributed by atoms with Crippen LogP contribution in [0.25, 0.3) is 0 Å². The number of benzene rings is 2. The van der Waals surface area contributed by atoms with Crippen molar-refractivity contribution in [3.8, 4) is 5.75 Å². The predicted octanol–water partition coefficient (Wildman–Crippen LogP) is 3.60. The van der Waals surface area contributed by atoms with E-state index in [4.69, 9.17) is 16.3 Å². The molecular formula is C19H20ClFN2O2. The van der Waals surface area contributed by atoms with Crippen LogP contribution >= 0.6 is 11.6 Å². The number of carbonyl (C=O) groups excluding carboxylic acids is 1. The van der Waals surface area contributed by atoms with Gasteiger partial charge in [0.25, 0.3) is 5.91 Å². The number of ether oxygens (including phenoxy) is 1. The molecule has 2 aromatic rings. The van der Waals surface area contributed by atoms with Gasteiger partial charge in [-0.1, -0.05) is 29.8 Å². The number of piperazine rings is 1. The Hall–Kier alpha value is -2.27. The summed E-state index contributed by atoms with van der Waals surface area (Å²) >= 11 is 5.95. The van der Waals surface area contributed by atoms with E-state index in [1.165, 1.54) is 18.2 Å². The van der Waals surface area contributed by atoms with Crippen molar-refractivity contribution in [2.24, 2.45) is 0 Å². The van der Waals surface area contributed by atoms with Crippen LogP contribution in [0.15, 0.2) is 48.5 Å². The molecule has 2 aromatic carbocycles. The topological polar surface area (TPSA) is 32.8 Å². The minimum atomic E-state index is -0.675. The van der Waals surface area contributed by atoms with Crippen molar-refractivity contribution in [1.29, 1.82) is 0 Å². The van der Waals surface area contributed by atoms with Crippen LogP contribution in [0.3, 0.4) is 0 Å². The van der Waals surface area contributed by atoms with Gasteiger partial charge in [-0.15, -0.1) is 0 Å². The third kappa shape index (κ3) is 4.23. The summed E-state index contributed by atoms with van der Waals surface area (Å²) in [6.45, 7) is 4.52. The Morgan fingerprint density at radius 1 is 1.12 bits per heavy atom. The molecule has 1 saturated heterocycles. The fraction of sp³-hybridized carbons (Fsp3) is 0.316. The lowest BCUT2D eigenvalue weighted by molar-refractivity contribution is -0.138. The first-order valence-corrected chi connectivity index (χ1v) is 8.63. The molecule has 25 heavy (non-hydrogen) atoms. The van der Waals surface area contributed by atoms with E-state index >= 15 is 0 Å². The number of rotatable bonds is 4. The number of para-hydroxylation sites is 1. The molecule has 1 aliphatic heterocycles. The average molecular weight is 363 g/mol. The molecule has 1 amide bonds. The Bertz CT molecular complexity index is 733. The molecule has 1 fully saturated rings. The monoisotopic (exact) mass is 362 g/mol. The first-order valence-electron chi connectivity index (χ1n) is 8.25. The lowest BCUT2D eigenvalue weighted by Gasteiger charge is -2.37. The Morgan fingerprint density at radius 2 is 1.80 bits per heavy atom. The summed E-state index contributed by atoms with van der Waals surface area (Å²) in [5, 5.41) is 0.161. The van der Waals surface area contributed by atoms with Crippen molar-refractivity contribution in [2.45, 2.75) is 13.0 Å². The zero-order chi connectivity index (χ0) is 17.8. The molecule has 0 unspecified atom stereocenters. The van der Waals surface area contributed by atoms with Gasteiger partial charge < -0.3 is 14.5 Å². The van der Waals surface area contributed by atoms with Crippen molar-refractivity contribution in [2.75, 3.05) is 31.1 Å². The van der Waals surface area contributed by atoms with E-state index in [1.54, 1.807) is 11.8 Å². The van der Waals surface area contributed by atoms with Crippen LogP contribution in [0.5, 0.6) is 5.75 Å². The minimum Gasteiger partial charge on any atom is -0.479 e. The molecule has 0 bridgehead atoms. The summed E-state index contributed by atoms with van der Waals surface area (Å²) in [5.74, 6) is -0.215. The third-order valence-corrected chi connectivity index (χ3v) is 4.55. The summed E-state index contributed by atoms with van der Waals surface area (Å²) in [6.07, 6.45) is -0.675. The van der Waals surface area contributed by atoms with E-state index < -0.39 is 11.9 Å². The molecule has 0 radical (unpaired) electrons. The molecule has 132 valence electrons. The fourth-order valence-electron chi connectivity index (χ4n) is 2.89. The number of nitrogens with zero attached hydrogens (tertiary/aromatic N) is 2. The normalized spacial score (nSPS) is 15.8. The first-order chi connectivity index (χ1) is 12.0. The van der Waals surface area contributed by atoms with Crippen LogP contribution in [-0.4, -0.2) is 43.1 Å². The largest absolute Gasteiger partial charge is 0.479 e. The Balaban J connectivity index is 1.56. The summed E-state index contributed by atoms with van der Waals surface area (Å²) in [6, 6.07) is 14.0. The number of carbonyl (C=O) groups is 1. The highest BCUT2D eigenvalue weighted by Crippen LogP contribution is 2.26. The molecule has 3 rings (SSSR count). The number of hydrogen-bond donors (Lipinski definition) is 0. The van der Waals surface area contributed by atoms with E-state index in [0.29, 0.717) is 18.8 Å². The quantitative estimate of drug-likeness (QED) is 0.833. The molecular weight excluding hydrogens is 343 g/mol. The number of amides is 1. The van der Waals surface area contributed by atoms with Gasteiger partial charge >= 0.3 is 0 Å². The van der Waals surface area contributed by atoms with Crippen molar-refractivity contribution < 1.29 is 13.9 Å². The fourth-order valence-corrected chi connectivity index (χ4v) is 3.10. The summed E-state index contributed by atoms with van der Waals surface area (Å²) in [5.41, 5.74) is 1.16. The molecule has 1 aliphatic rings. The second-order valence-electron chi connectivity index (χ2n) is 5.98. The number of halogens is 2. The van der Waals surface area contributed by atoms with Crippen LogP contribution in [0.1, 0.15) is 6.92 Å². The summed E-state index contributed by atoms with van der Waals surface area (Å²) in [4.78, 5) is 16.6. The van der Waals surface area contributed by atoms with Gasteiger partial charge in [-0.25, -0.2) is 4.39 Å².